The molecule has 2 amide bonds. The summed E-state index contributed by atoms with van der Waals surface area (Å²) >= 11 is 0. The number of rotatable bonds is 6. The number of esters is 2. The van der Waals surface area contributed by atoms with Crippen molar-refractivity contribution in [3.05, 3.63) is 0 Å². The number of aliphatic carboxylic acids is 2. The molecule has 4 rings (SSSR count). The molecule has 0 saturated carbocycles. The molecular weight excluding hydrogens is 708 g/mol. The first kappa shape index (κ1) is 48.3. The van der Waals surface area contributed by atoms with Gasteiger partial charge in [-0.15, -0.1) is 0 Å². The number of ether oxygens (including phenoxy) is 4. The highest BCUT2D eigenvalue weighted by molar-refractivity contribution is 5.82. The normalized spacial score (nSPS) is 22.9. The van der Waals surface area contributed by atoms with Crippen molar-refractivity contribution in [2.75, 3.05) is 65.6 Å². The van der Waals surface area contributed by atoms with Crippen LogP contribution in [0.25, 0.3) is 0 Å². The summed E-state index contributed by atoms with van der Waals surface area (Å²) in [5, 5.41) is 29.4. The molecule has 4 unspecified atom stereocenters. The first-order chi connectivity index (χ1) is 25.3. The van der Waals surface area contributed by atoms with Gasteiger partial charge in [0.2, 0.25) is 0 Å². The maximum absolute atomic E-state index is 12.0. The van der Waals surface area contributed by atoms with E-state index in [2.05, 4.69) is 21.3 Å². The molecule has 0 radical (unpaired) electrons. The molecule has 0 aromatic heterocycles. The van der Waals surface area contributed by atoms with Gasteiger partial charge in [0.15, 0.2) is 0 Å². The average Bonchev–Trinajstić information content (AvgIpc) is 3.12. The Kier molecular flexibility index (Phi) is 22.0. The number of amides is 2. The maximum atomic E-state index is 12.0. The largest absolute Gasteiger partial charge is 0.480 e. The molecule has 4 atom stereocenters. The topological polar surface area (TPSA) is 234 Å². The van der Waals surface area contributed by atoms with Crippen molar-refractivity contribution in [1.82, 2.24) is 31.1 Å². The third-order valence-corrected chi connectivity index (χ3v) is 8.06. The lowest BCUT2D eigenvalue weighted by Crippen LogP contribution is -2.52. The Hall–Kier alpha value is -3.74. The molecule has 0 bridgehead atoms. The van der Waals surface area contributed by atoms with Gasteiger partial charge in [0.25, 0.3) is 0 Å². The maximum Gasteiger partial charge on any atom is 0.411 e. The Morgan fingerprint density at radius 2 is 1.02 bits per heavy atom. The Morgan fingerprint density at radius 3 is 1.39 bits per heavy atom. The SMILES string of the molecule is CC(C)(C)OC(=O)N1CCCCC1C(=O)O.CCOC(=O)C1CCCCN1C(=O)OC(C)(C)C.CCOC(=O)C1CNCCN1.O=C(O)C1CNCCN1. The first-order valence-corrected chi connectivity index (χ1v) is 19.0. The molecule has 312 valence electrons. The Morgan fingerprint density at radius 1 is 0.593 bits per heavy atom. The van der Waals surface area contributed by atoms with Crippen LogP contribution in [0.5, 0.6) is 0 Å². The molecule has 4 aliphatic heterocycles. The number of hydrogen-bond donors (Lipinski definition) is 6. The number of carboxylic acid groups (broad SMARTS) is 2. The highest BCUT2D eigenvalue weighted by Crippen LogP contribution is 2.22. The summed E-state index contributed by atoms with van der Waals surface area (Å²) in [4.78, 5) is 70.7. The second kappa shape index (κ2) is 24.6. The number of nitrogens with zero attached hydrogens (tertiary/aromatic N) is 2. The fourth-order valence-electron chi connectivity index (χ4n) is 5.57. The molecule has 0 spiro atoms. The lowest BCUT2D eigenvalue weighted by molar-refractivity contribution is -0.150. The predicted octanol–water partition coefficient (Wildman–Crippen LogP) is 1.94. The second-order valence-corrected chi connectivity index (χ2v) is 15.0. The van der Waals surface area contributed by atoms with E-state index in [1.54, 1.807) is 27.7 Å². The third-order valence-electron chi connectivity index (χ3n) is 8.06. The van der Waals surface area contributed by atoms with E-state index in [0.29, 0.717) is 52.2 Å². The molecule has 4 aliphatic rings. The molecule has 0 aromatic carbocycles. The van der Waals surface area contributed by atoms with E-state index >= 15 is 0 Å². The standard InChI is InChI=1S/C13H23NO4.C11H19NO4.C7H14N2O2.C5H10N2O2/c1-5-17-11(15)10-8-6-7-9-14(10)12(16)18-13(2,3)4;1-11(2,3)16-10(15)12-7-5-4-6-8(12)9(13)14;1-2-11-7(10)6-5-8-3-4-9-6;8-5(9)4-3-6-1-2-7-4/h10H,5-9H2,1-4H3;8H,4-7H2,1-3H3,(H,13,14);6,8-9H,2-5H2,1H3;4,6-7H,1-3H2,(H,8,9). The van der Waals surface area contributed by atoms with Gasteiger partial charge in [-0.1, -0.05) is 0 Å². The van der Waals surface area contributed by atoms with Crippen LogP contribution in [-0.2, 0) is 38.1 Å². The zero-order chi connectivity index (χ0) is 40.9. The lowest BCUT2D eigenvalue weighted by atomic mass is 10.0. The minimum absolute atomic E-state index is 0.149. The van der Waals surface area contributed by atoms with E-state index < -0.39 is 53.5 Å². The van der Waals surface area contributed by atoms with Crippen LogP contribution in [0, 0.1) is 0 Å². The van der Waals surface area contributed by atoms with Crippen LogP contribution in [0.4, 0.5) is 9.59 Å². The summed E-state index contributed by atoms with van der Waals surface area (Å²) in [7, 11) is 0. The van der Waals surface area contributed by atoms with Crippen LogP contribution in [0.3, 0.4) is 0 Å². The first-order valence-electron chi connectivity index (χ1n) is 19.0. The van der Waals surface area contributed by atoms with Crippen molar-refractivity contribution in [1.29, 1.82) is 0 Å². The van der Waals surface area contributed by atoms with E-state index in [-0.39, 0.29) is 18.0 Å². The van der Waals surface area contributed by atoms with Crippen LogP contribution in [0.2, 0.25) is 0 Å². The van der Waals surface area contributed by atoms with Gasteiger partial charge in [-0.05, 0) is 93.9 Å². The number of piperidine rings is 2. The highest BCUT2D eigenvalue weighted by atomic mass is 16.6. The molecule has 0 aromatic rings. The van der Waals surface area contributed by atoms with Crippen molar-refractivity contribution in [2.45, 2.75) is 129 Å². The summed E-state index contributed by atoms with van der Waals surface area (Å²) in [5.41, 5.74) is -1.13. The number of hydrogen-bond acceptors (Lipinski definition) is 14. The Balaban J connectivity index is 0.000000372. The number of piperazine rings is 2. The van der Waals surface area contributed by atoms with Crippen LogP contribution in [-0.4, -0.2) is 157 Å². The number of nitrogens with one attached hydrogen (secondary N) is 4. The second-order valence-electron chi connectivity index (χ2n) is 15.0. The molecule has 18 heteroatoms. The van der Waals surface area contributed by atoms with Crippen LogP contribution >= 0.6 is 0 Å². The van der Waals surface area contributed by atoms with E-state index in [9.17, 15) is 28.8 Å². The summed E-state index contributed by atoms with van der Waals surface area (Å²) < 4.78 is 20.3. The van der Waals surface area contributed by atoms with E-state index in [4.69, 9.17) is 29.2 Å². The van der Waals surface area contributed by atoms with Crippen LogP contribution in [0.15, 0.2) is 0 Å². The monoisotopic (exact) mass is 774 g/mol. The Bertz CT molecular complexity index is 1180. The molecular formula is C36H66N6O12. The van der Waals surface area contributed by atoms with Gasteiger partial charge in [-0.3, -0.25) is 19.4 Å². The van der Waals surface area contributed by atoms with Gasteiger partial charge in [0.1, 0.15) is 35.4 Å². The minimum Gasteiger partial charge on any atom is -0.480 e. The summed E-state index contributed by atoms with van der Waals surface area (Å²) in [5.74, 6) is -2.21. The number of carboxylic acids is 2. The Labute approximate surface area is 319 Å². The molecule has 54 heavy (non-hydrogen) atoms. The molecule has 18 nitrogen and oxygen atoms in total. The molecule has 0 aliphatic carbocycles. The highest BCUT2D eigenvalue weighted by Gasteiger charge is 2.36. The van der Waals surface area contributed by atoms with Gasteiger partial charge < -0.3 is 50.4 Å². The minimum atomic E-state index is -0.953. The van der Waals surface area contributed by atoms with Gasteiger partial charge in [-0.25, -0.2) is 19.2 Å². The van der Waals surface area contributed by atoms with Crippen molar-refractivity contribution in [3.8, 4) is 0 Å². The van der Waals surface area contributed by atoms with Crippen LogP contribution < -0.4 is 21.3 Å². The average molecular weight is 775 g/mol. The molecule has 4 fully saturated rings. The lowest BCUT2D eigenvalue weighted by Gasteiger charge is -2.35. The predicted molar refractivity (Wildman–Crippen MR) is 199 cm³/mol. The van der Waals surface area contributed by atoms with Crippen molar-refractivity contribution in [3.63, 3.8) is 0 Å². The summed E-state index contributed by atoms with van der Waals surface area (Å²) in [6, 6.07) is -1.76. The summed E-state index contributed by atoms with van der Waals surface area (Å²) in [6.45, 7) is 20.7. The van der Waals surface area contributed by atoms with Gasteiger partial charge in [-0.2, -0.15) is 0 Å². The van der Waals surface area contributed by atoms with Crippen LogP contribution in [0.1, 0.15) is 93.9 Å². The van der Waals surface area contributed by atoms with Gasteiger partial charge >= 0.3 is 36.1 Å². The smallest absolute Gasteiger partial charge is 0.411 e. The van der Waals surface area contributed by atoms with E-state index in [0.717, 1.165) is 51.9 Å². The molecule has 4 saturated heterocycles. The number of carbonyl (C=O) groups is 6. The van der Waals surface area contributed by atoms with E-state index in [1.165, 1.54) is 9.80 Å². The van der Waals surface area contributed by atoms with Crippen molar-refractivity contribution in [2.24, 2.45) is 0 Å². The molecule has 4 heterocycles. The number of likely N-dealkylation sites (tertiary alicyclic amines) is 2. The number of carbonyl (C=O) groups excluding carboxylic acids is 4. The van der Waals surface area contributed by atoms with Crippen molar-refractivity contribution < 1.29 is 57.9 Å². The fourth-order valence-corrected chi connectivity index (χ4v) is 5.57. The van der Waals surface area contributed by atoms with Gasteiger partial charge in [0, 0.05) is 52.4 Å². The van der Waals surface area contributed by atoms with Crippen molar-refractivity contribution >= 4 is 36.1 Å². The fraction of sp³-hybridized carbons (Fsp3) is 0.833. The quantitative estimate of drug-likeness (QED) is 0.167. The third kappa shape index (κ3) is 19.5. The van der Waals surface area contributed by atoms with Gasteiger partial charge in [0.05, 0.1) is 13.2 Å². The molecule has 6 N–H and O–H groups in total. The van der Waals surface area contributed by atoms with E-state index in [1.807, 2.05) is 27.7 Å². The zero-order valence-electron chi connectivity index (χ0n) is 33.5. The summed E-state index contributed by atoms with van der Waals surface area (Å²) in [6.07, 6.45) is 3.71. The zero-order valence-corrected chi connectivity index (χ0v) is 33.5.